The maximum Gasteiger partial charge on any atom is 0.270 e. The highest BCUT2D eigenvalue weighted by molar-refractivity contribution is 5.85. The van der Waals surface area contributed by atoms with Crippen LogP contribution in [0.1, 0.15) is 37.0 Å². The van der Waals surface area contributed by atoms with Crippen LogP contribution < -0.4 is 0 Å². The van der Waals surface area contributed by atoms with Gasteiger partial charge in [-0.2, -0.15) is 4.98 Å². The Bertz CT molecular complexity index is 939. The Morgan fingerprint density at radius 3 is 3.00 bits per heavy atom. The van der Waals surface area contributed by atoms with Crippen molar-refractivity contribution in [2.24, 2.45) is 5.92 Å². The number of benzene rings is 1. The zero-order chi connectivity index (χ0) is 17.6. The number of fused-ring (bicyclic) bond motifs is 1. The van der Waals surface area contributed by atoms with E-state index in [4.69, 9.17) is 4.52 Å². The number of aliphatic hydroxyl groups is 1. The predicted octanol–water partition coefficient (Wildman–Crippen LogP) is 2.75. The number of aromatic nitrogens is 3. The van der Waals surface area contributed by atoms with E-state index < -0.39 is 10.5 Å². The van der Waals surface area contributed by atoms with Crippen molar-refractivity contribution < 1.29 is 14.6 Å². The molecule has 1 atom stereocenters. The van der Waals surface area contributed by atoms with Crippen LogP contribution >= 0.6 is 0 Å². The van der Waals surface area contributed by atoms with Crippen LogP contribution in [0.25, 0.3) is 10.9 Å². The molecule has 2 aromatic heterocycles. The lowest BCUT2D eigenvalue weighted by molar-refractivity contribution is -0.384. The average molecular weight is 342 g/mol. The summed E-state index contributed by atoms with van der Waals surface area (Å²) < 4.78 is 5.26. The van der Waals surface area contributed by atoms with Crippen molar-refractivity contribution in [1.82, 2.24) is 15.1 Å². The van der Waals surface area contributed by atoms with Crippen LogP contribution in [-0.4, -0.2) is 30.8 Å². The lowest BCUT2D eigenvalue weighted by Gasteiger charge is -2.20. The number of H-pyrrole nitrogens is 1. The maximum atomic E-state index is 11.0. The third-order valence-electron chi connectivity index (χ3n) is 4.79. The molecule has 0 amide bonds. The molecule has 25 heavy (non-hydrogen) atoms. The van der Waals surface area contributed by atoms with E-state index in [1.165, 1.54) is 6.07 Å². The molecule has 2 N–H and O–H groups in total. The van der Waals surface area contributed by atoms with Gasteiger partial charge in [-0.25, -0.2) is 0 Å². The molecule has 1 aliphatic carbocycles. The zero-order valence-corrected chi connectivity index (χ0v) is 13.7. The first kappa shape index (κ1) is 15.8. The molecule has 0 spiro atoms. The van der Waals surface area contributed by atoms with E-state index in [1.807, 2.05) is 0 Å². The largest absolute Gasteiger partial charge is 0.389 e. The molecule has 1 fully saturated rings. The topological polar surface area (TPSA) is 118 Å². The van der Waals surface area contributed by atoms with E-state index >= 15 is 0 Å². The van der Waals surface area contributed by atoms with Crippen molar-refractivity contribution in [3.63, 3.8) is 0 Å². The van der Waals surface area contributed by atoms with Crippen LogP contribution in [0, 0.1) is 16.0 Å². The van der Waals surface area contributed by atoms with Gasteiger partial charge in [0.05, 0.1) is 16.9 Å². The van der Waals surface area contributed by atoms with Gasteiger partial charge in [0.2, 0.25) is 5.89 Å². The Labute approximate surface area is 143 Å². The predicted molar refractivity (Wildman–Crippen MR) is 89.1 cm³/mol. The molecule has 130 valence electrons. The maximum absolute atomic E-state index is 11.0. The fourth-order valence-corrected chi connectivity index (χ4v) is 3.19. The van der Waals surface area contributed by atoms with Gasteiger partial charge in [0.1, 0.15) is 0 Å². The van der Waals surface area contributed by atoms with Gasteiger partial charge in [-0.15, -0.1) is 0 Å². The van der Waals surface area contributed by atoms with Gasteiger partial charge in [-0.3, -0.25) is 10.1 Å². The zero-order valence-electron chi connectivity index (χ0n) is 13.7. The number of hydrogen-bond donors (Lipinski definition) is 2. The minimum atomic E-state index is -0.814. The van der Waals surface area contributed by atoms with E-state index in [0.29, 0.717) is 30.5 Å². The molecule has 4 rings (SSSR count). The normalized spacial score (nSPS) is 16.9. The fraction of sp³-hybridized carbons (Fsp3) is 0.412. The monoisotopic (exact) mass is 342 g/mol. The molecule has 1 unspecified atom stereocenters. The van der Waals surface area contributed by atoms with Gasteiger partial charge in [0, 0.05) is 35.7 Å². The molecule has 0 aliphatic heterocycles. The Balaban J connectivity index is 1.55. The molecule has 1 saturated carbocycles. The van der Waals surface area contributed by atoms with Crippen molar-refractivity contribution in [2.75, 3.05) is 0 Å². The van der Waals surface area contributed by atoms with Crippen LogP contribution in [0.2, 0.25) is 0 Å². The van der Waals surface area contributed by atoms with Crippen molar-refractivity contribution in [1.29, 1.82) is 0 Å². The summed E-state index contributed by atoms with van der Waals surface area (Å²) in [6.45, 7) is 1.80. The van der Waals surface area contributed by atoms with E-state index in [9.17, 15) is 15.2 Å². The molecule has 8 heteroatoms. The highest BCUT2D eigenvalue weighted by Gasteiger charge is 2.41. The molecule has 0 saturated heterocycles. The summed E-state index contributed by atoms with van der Waals surface area (Å²) in [6, 6.07) is 4.69. The van der Waals surface area contributed by atoms with Gasteiger partial charge < -0.3 is 14.6 Å². The summed E-state index contributed by atoms with van der Waals surface area (Å²) in [7, 11) is 0. The van der Waals surface area contributed by atoms with Crippen molar-refractivity contribution in [3.8, 4) is 0 Å². The second-order valence-electron chi connectivity index (χ2n) is 6.89. The smallest absolute Gasteiger partial charge is 0.270 e. The average Bonchev–Trinajstić information content (AvgIpc) is 3.25. The quantitative estimate of drug-likeness (QED) is 0.525. The number of hydrogen-bond acceptors (Lipinski definition) is 6. The number of rotatable bonds is 6. The van der Waals surface area contributed by atoms with Crippen molar-refractivity contribution in [2.45, 2.75) is 38.2 Å². The van der Waals surface area contributed by atoms with Gasteiger partial charge in [0.25, 0.3) is 5.69 Å². The molecule has 1 aliphatic rings. The Morgan fingerprint density at radius 1 is 1.48 bits per heavy atom. The van der Waals surface area contributed by atoms with E-state index in [-0.39, 0.29) is 5.69 Å². The summed E-state index contributed by atoms with van der Waals surface area (Å²) >= 11 is 0. The minimum Gasteiger partial charge on any atom is -0.389 e. The highest BCUT2D eigenvalue weighted by atomic mass is 16.6. The van der Waals surface area contributed by atoms with Crippen LogP contribution in [0.4, 0.5) is 5.69 Å². The number of non-ortho nitro benzene ring substituents is 1. The standard InChI is InChI=1S/C17H18N4O4/c1-17(22,11-2-3-11)8-16-19-15(20-25-16)6-10-9-18-14-5-4-12(21(23)24)7-13(10)14/h4-5,7,9,11,18,22H,2-3,6,8H2,1H3. The fourth-order valence-electron chi connectivity index (χ4n) is 3.19. The van der Waals surface area contributed by atoms with Gasteiger partial charge in [-0.05, 0) is 37.3 Å². The summed E-state index contributed by atoms with van der Waals surface area (Å²) in [5.74, 6) is 1.21. The van der Waals surface area contributed by atoms with Gasteiger partial charge in [0.15, 0.2) is 5.82 Å². The summed E-state index contributed by atoms with van der Waals surface area (Å²) in [5.41, 5.74) is 0.911. The van der Waals surface area contributed by atoms with E-state index in [1.54, 1.807) is 25.3 Å². The van der Waals surface area contributed by atoms with Crippen molar-refractivity contribution >= 4 is 16.6 Å². The van der Waals surface area contributed by atoms with Gasteiger partial charge in [-0.1, -0.05) is 5.16 Å². The Hall–Kier alpha value is -2.74. The molecule has 8 nitrogen and oxygen atoms in total. The number of nitrogens with one attached hydrogen (secondary N) is 1. The van der Waals surface area contributed by atoms with Gasteiger partial charge >= 0.3 is 0 Å². The summed E-state index contributed by atoms with van der Waals surface area (Å²) in [4.78, 5) is 18.0. The third kappa shape index (κ3) is 3.12. The van der Waals surface area contributed by atoms with Crippen LogP contribution in [-0.2, 0) is 12.8 Å². The number of nitro groups is 1. The first-order valence-electron chi connectivity index (χ1n) is 8.20. The molecule has 2 heterocycles. The third-order valence-corrected chi connectivity index (χ3v) is 4.79. The first-order valence-corrected chi connectivity index (χ1v) is 8.20. The second kappa shape index (κ2) is 5.66. The van der Waals surface area contributed by atoms with E-state index in [0.717, 1.165) is 29.3 Å². The molecule has 1 aromatic carbocycles. The highest BCUT2D eigenvalue weighted by Crippen LogP contribution is 2.41. The molecule has 0 bridgehead atoms. The molecule has 0 radical (unpaired) electrons. The lowest BCUT2D eigenvalue weighted by atomic mass is 9.96. The van der Waals surface area contributed by atoms with E-state index in [2.05, 4.69) is 15.1 Å². The second-order valence-corrected chi connectivity index (χ2v) is 6.89. The SMILES string of the molecule is CC(O)(Cc1nc(Cc2c[nH]c3ccc([N+](=O)[O-])cc23)no1)C1CC1. The first-order chi connectivity index (χ1) is 11.9. The summed E-state index contributed by atoms with van der Waals surface area (Å²) in [6.07, 6.45) is 4.59. The lowest BCUT2D eigenvalue weighted by Crippen LogP contribution is -2.29. The summed E-state index contributed by atoms with van der Waals surface area (Å²) in [5, 5.41) is 26.1. The van der Waals surface area contributed by atoms with Crippen LogP contribution in [0.15, 0.2) is 28.9 Å². The number of nitro benzene ring substituents is 1. The minimum absolute atomic E-state index is 0.0441. The Kier molecular flexibility index (Phi) is 3.57. The molecular weight excluding hydrogens is 324 g/mol. The van der Waals surface area contributed by atoms with Crippen LogP contribution in [0.3, 0.4) is 0 Å². The molecule has 3 aromatic rings. The Morgan fingerprint density at radius 2 is 2.28 bits per heavy atom. The number of nitrogens with zero attached hydrogens (tertiary/aromatic N) is 3. The molecular formula is C17H18N4O4. The van der Waals surface area contributed by atoms with Crippen LogP contribution in [0.5, 0.6) is 0 Å². The number of aromatic amines is 1. The van der Waals surface area contributed by atoms with Crippen molar-refractivity contribution in [3.05, 3.63) is 51.8 Å².